The fraction of sp³-hybridized carbons (Fsp3) is 0.200. The van der Waals surface area contributed by atoms with Gasteiger partial charge in [0.15, 0.2) is 0 Å². The van der Waals surface area contributed by atoms with Gasteiger partial charge >= 0.3 is 0 Å². The SMILES string of the molecule is CSc1cc2ccc(S)c(CO)c2s1. The maximum atomic E-state index is 9.25. The molecule has 0 aliphatic rings. The molecule has 74 valence electrons. The van der Waals surface area contributed by atoms with E-state index < -0.39 is 0 Å². The van der Waals surface area contributed by atoms with Crippen molar-refractivity contribution in [1.29, 1.82) is 0 Å². The molecule has 0 unspecified atom stereocenters. The number of aliphatic hydroxyl groups is 1. The van der Waals surface area contributed by atoms with E-state index in [4.69, 9.17) is 0 Å². The van der Waals surface area contributed by atoms with Crippen molar-refractivity contribution in [2.45, 2.75) is 15.7 Å². The van der Waals surface area contributed by atoms with E-state index in [0.717, 1.165) is 15.2 Å². The van der Waals surface area contributed by atoms with Gasteiger partial charge in [-0.1, -0.05) is 6.07 Å². The van der Waals surface area contributed by atoms with Gasteiger partial charge in [-0.25, -0.2) is 0 Å². The summed E-state index contributed by atoms with van der Waals surface area (Å²) in [6.45, 7) is 0.0600. The van der Waals surface area contributed by atoms with E-state index >= 15 is 0 Å². The molecule has 0 saturated heterocycles. The maximum absolute atomic E-state index is 9.25. The number of aliphatic hydroxyl groups excluding tert-OH is 1. The molecule has 1 aromatic heterocycles. The van der Waals surface area contributed by atoms with Crippen molar-refractivity contribution in [2.75, 3.05) is 6.26 Å². The van der Waals surface area contributed by atoms with Crippen molar-refractivity contribution in [3.8, 4) is 0 Å². The molecule has 1 N–H and O–H groups in total. The first-order chi connectivity index (χ1) is 6.76. The quantitative estimate of drug-likeness (QED) is 0.622. The van der Waals surface area contributed by atoms with Gasteiger partial charge in [0, 0.05) is 15.2 Å². The van der Waals surface area contributed by atoms with Crippen LogP contribution in [-0.2, 0) is 6.61 Å². The summed E-state index contributed by atoms with van der Waals surface area (Å²) in [5, 5.41) is 10.4. The lowest BCUT2D eigenvalue weighted by atomic mass is 10.2. The lowest BCUT2D eigenvalue weighted by molar-refractivity contribution is 0.281. The highest BCUT2D eigenvalue weighted by molar-refractivity contribution is 8.00. The van der Waals surface area contributed by atoms with Gasteiger partial charge in [0.2, 0.25) is 0 Å². The molecule has 0 spiro atoms. The van der Waals surface area contributed by atoms with E-state index in [1.165, 1.54) is 9.60 Å². The third-order valence-electron chi connectivity index (χ3n) is 2.10. The summed E-state index contributed by atoms with van der Waals surface area (Å²) in [4.78, 5) is 0.870. The average molecular weight is 242 g/mol. The Kier molecular flexibility index (Phi) is 3.07. The predicted molar refractivity (Wildman–Crippen MR) is 66.8 cm³/mol. The Morgan fingerprint density at radius 1 is 1.50 bits per heavy atom. The van der Waals surface area contributed by atoms with Crippen LogP contribution < -0.4 is 0 Å². The Morgan fingerprint density at radius 3 is 2.93 bits per heavy atom. The molecule has 1 aromatic carbocycles. The van der Waals surface area contributed by atoms with Gasteiger partial charge < -0.3 is 5.11 Å². The Bertz CT molecular complexity index is 462. The van der Waals surface area contributed by atoms with Crippen molar-refractivity contribution in [3.05, 3.63) is 23.8 Å². The number of thioether (sulfide) groups is 1. The second kappa shape index (κ2) is 4.14. The molecular weight excluding hydrogens is 232 g/mol. The number of thiol groups is 1. The smallest absolute Gasteiger partial charge is 0.0706 e. The van der Waals surface area contributed by atoms with Crippen LogP contribution in [0.3, 0.4) is 0 Å². The summed E-state index contributed by atoms with van der Waals surface area (Å²) in [6.07, 6.45) is 2.06. The molecule has 14 heavy (non-hydrogen) atoms. The highest BCUT2D eigenvalue weighted by Gasteiger charge is 2.07. The highest BCUT2D eigenvalue weighted by Crippen LogP contribution is 2.36. The summed E-state index contributed by atoms with van der Waals surface area (Å²) >= 11 is 7.78. The van der Waals surface area contributed by atoms with Crippen molar-refractivity contribution < 1.29 is 5.11 Å². The normalized spacial score (nSPS) is 11.1. The number of fused-ring (bicyclic) bond motifs is 1. The van der Waals surface area contributed by atoms with Gasteiger partial charge in [0.25, 0.3) is 0 Å². The zero-order valence-electron chi connectivity index (χ0n) is 7.65. The number of hydrogen-bond acceptors (Lipinski definition) is 4. The van der Waals surface area contributed by atoms with Crippen LogP contribution in [0.25, 0.3) is 10.1 Å². The van der Waals surface area contributed by atoms with Gasteiger partial charge in [-0.3, -0.25) is 0 Å². The molecule has 1 nitrogen and oxygen atoms in total. The van der Waals surface area contributed by atoms with Crippen LogP contribution in [0, 0.1) is 0 Å². The highest BCUT2D eigenvalue weighted by atomic mass is 32.2. The van der Waals surface area contributed by atoms with E-state index in [9.17, 15) is 5.11 Å². The lowest BCUT2D eigenvalue weighted by Gasteiger charge is -2.01. The summed E-state index contributed by atoms with van der Waals surface area (Å²) in [5.41, 5.74) is 0.941. The van der Waals surface area contributed by atoms with Crippen molar-refractivity contribution in [2.24, 2.45) is 0 Å². The monoisotopic (exact) mass is 242 g/mol. The number of thiophene rings is 1. The van der Waals surface area contributed by atoms with Gasteiger partial charge in [-0.15, -0.1) is 35.7 Å². The van der Waals surface area contributed by atoms with Crippen molar-refractivity contribution >= 4 is 45.8 Å². The lowest BCUT2D eigenvalue weighted by Crippen LogP contribution is -1.84. The maximum Gasteiger partial charge on any atom is 0.0706 e. The Balaban J connectivity index is 2.73. The minimum Gasteiger partial charge on any atom is -0.392 e. The zero-order chi connectivity index (χ0) is 10.1. The summed E-state index contributed by atoms with van der Waals surface area (Å²) in [6, 6.07) is 6.14. The zero-order valence-corrected chi connectivity index (χ0v) is 10.2. The predicted octanol–water partition coefficient (Wildman–Crippen LogP) is 3.40. The van der Waals surface area contributed by atoms with Gasteiger partial charge in [-0.2, -0.15) is 0 Å². The Hall–Kier alpha value is -0.160. The van der Waals surface area contributed by atoms with Crippen LogP contribution in [0.1, 0.15) is 5.56 Å². The van der Waals surface area contributed by atoms with Crippen LogP contribution in [0.2, 0.25) is 0 Å². The largest absolute Gasteiger partial charge is 0.392 e. The van der Waals surface area contributed by atoms with Crippen LogP contribution in [-0.4, -0.2) is 11.4 Å². The first-order valence-corrected chi connectivity index (χ1v) is 6.64. The fourth-order valence-corrected chi connectivity index (χ4v) is 3.47. The summed E-state index contributed by atoms with van der Waals surface area (Å²) in [5.74, 6) is 0. The minimum absolute atomic E-state index is 0.0600. The number of rotatable bonds is 2. The molecular formula is C10H10OS3. The van der Waals surface area contributed by atoms with Crippen molar-refractivity contribution in [1.82, 2.24) is 0 Å². The van der Waals surface area contributed by atoms with E-state index in [2.05, 4.69) is 25.0 Å². The molecule has 0 saturated carbocycles. The third kappa shape index (κ3) is 1.67. The van der Waals surface area contributed by atoms with Gasteiger partial charge in [-0.05, 0) is 23.8 Å². The first-order valence-electron chi connectivity index (χ1n) is 4.15. The molecule has 0 aliphatic heterocycles. The van der Waals surface area contributed by atoms with Crippen LogP contribution >= 0.6 is 35.7 Å². The van der Waals surface area contributed by atoms with E-state index in [-0.39, 0.29) is 6.61 Å². The standard InChI is InChI=1S/C10H10OS3/c1-13-9-4-6-2-3-8(12)7(5-11)10(6)14-9/h2-4,11-12H,5H2,1H3. The molecule has 2 aromatic rings. The molecule has 2 rings (SSSR count). The van der Waals surface area contributed by atoms with E-state index in [0.29, 0.717) is 0 Å². The summed E-state index contributed by atoms with van der Waals surface area (Å²) in [7, 11) is 0. The van der Waals surface area contributed by atoms with E-state index in [1.54, 1.807) is 23.1 Å². The molecule has 0 amide bonds. The molecule has 4 heteroatoms. The molecule has 0 radical (unpaired) electrons. The molecule has 0 fully saturated rings. The minimum atomic E-state index is 0.0600. The molecule has 1 heterocycles. The summed E-state index contributed by atoms with van der Waals surface area (Å²) < 4.78 is 2.43. The van der Waals surface area contributed by atoms with Crippen LogP contribution in [0.4, 0.5) is 0 Å². The van der Waals surface area contributed by atoms with Crippen LogP contribution in [0.5, 0.6) is 0 Å². The van der Waals surface area contributed by atoms with E-state index in [1.807, 2.05) is 12.1 Å². The molecule has 0 aliphatic carbocycles. The Labute approximate surface area is 96.6 Å². The topological polar surface area (TPSA) is 20.2 Å². The second-order valence-electron chi connectivity index (χ2n) is 2.91. The number of hydrogen-bond donors (Lipinski definition) is 2. The third-order valence-corrected chi connectivity index (χ3v) is 4.80. The van der Waals surface area contributed by atoms with Crippen LogP contribution in [0.15, 0.2) is 27.3 Å². The molecule has 0 bridgehead atoms. The van der Waals surface area contributed by atoms with Gasteiger partial charge in [0.05, 0.1) is 10.8 Å². The average Bonchev–Trinajstić information content (AvgIpc) is 2.60. The molecule has 0 atom stereocenters. The Morgan fingerprint density at radius 2 is 2.29 bits per heavy atom. The first kappa shape index (κ1) is 10.4. The van der Waals surface area contributed by atoms with Gasteiger partial charge in [0.1, 0.15) is 0 Å². The second-order valence-corrected chi connectivity index (χ2v) is 5.55. The fourth-order valence-electron chi connectivity index (χ4n) is 1.38. The number of benzene rings is 1. The van der Waals surface area contributed by atoms with Crippen molar-refractivity contribution in [3.63, 3.8) is 0 Å².